The fourth-order valence-electron chi connectivity index (χ4n) is 4.64. The quantitative estimate of drug-likeness (QED) is 0.197. The Hall–Kier alpha value is -3.70. The first-order valence-electron chi connectivity index (χ1n) is 13.4. The molecule has 1 aliphatic heterocycles. The van der Waals surface area contributed by atoms with Gasteiger partial charge in [-0.2, -0.15) is 17.7 Å². The summed E-state index contributed by atoms with van der Waals surface area (Å²) in [5, 5.41) is -0.341. The molecule has 0 N–H and O–H groups in total. The Labute approximate surface area is 255 Å². The molecule has 0 aliphatic carbocycles. The lowest BCUT2D eigenvalue weighted by Crippen LogP contribution is -2.38. The highest BCUT2D eigenvalue weighted by atomic mass is 32.2. The molecule has 3 heterocycles. The van der Waals surface area contributed by atoms with Crippen molar-refractivity contribution in [2.75, 3.05) is 53.7 Å². The Morgan fingerprint density at radius 3 is 2.45 bits per heavy atom. The predicted molar refractivity (Wildman–Crippen MR) is 156 cm³/mol. The molecular formula is C28H30F2N4O8S2. The van der Waals surface area contributed by atoms with E-state index in [1.807, 2.05) is 0 Å². The van der Waals surface area contributed by atoms with Crippen molar-refractivity contribution >= 4 is 32.2 Å². The summed E-state index contributed by atoms with van der Waals surface area (Å²) in [6.07, 6.45) is 1.44. The van der Waals surface area contributed by atoms with Crippen LogP contribution in [0.4, 0.5) is 8.78 Å². The summed E-state index contributed by atoms with van der Waals surface area (Å²) in [7, 11) is -1.62. The highest BCUT2D eigenvalue weighted by molar-refractivity contribution is 7.93. The number of fused-ring (bicyclic) bond motifs is 1. The van der Waals surface area contributed by atoms with Gasteiger partial charge in [0, 0.05) is 49.1 Å². The third-order valence-electron chi connectivity index (χ3n) is 6.76. The summed E-state index contributed by atoms with van der Waals surface area (Å²) in [6.45, 7) is 0.910. The van der Waals surface area contributed by atoms with Gasteiger partial charge in [0.25, 0.3) is 10.0 Å². The lowest BCUT2D eigenvalue weighted by molar-refractivity contribution is -0.0497. The van der Waals surface area contributed by atoms with Gasteiger partial charge in [-0.15, -0.1) is 0 Å². The van der Waals surface area contributed by atoms with Crippen molar-refractivity contribution in [3.05, 3.63) is 60.4 Å². The average molecular weight is 653 g/mol. The monoisotopic (exact) mass is 652 g/mol. The minimum absolute atomic E-state index is 0.0945. The smallest absolute Gasteiger partial charge is 0.387 e. The zero-order chi connectivity index (χ0) is 31.3. The Balaban J connectivity index is 1.48. The van der Waals surface area contributed by atoms with Gasteiger partial charge < -0.3 is 28.2 Å². The number of ether oxygens (including phenoxy) is 5. The normalized spacial score (nSPS) is 15.0. The maximum Gasteiger partial charge on any atom is 0.387 e. The predicted octanol–water partition coefficient (Wildman–Crippen LogP) is 3.31. The molecule has 1 saturated heterocycles. The van der Waals surface area contributed by atoms with Crippen molar-refractivity contribution in [1.82, 2.24) is 18.8 Å². The maximum absolute atomic E-state index is 14.1. The highest BCUT2D eigenvalue weighted by Crippen LogP contribution is 2.34. The Bertz CT molecular complexity index is 1680. The van der Waals surface area contributed by atoms with Crippen LogP contribution in [0.5, 0.6) is 23.0 Å². The maximum atomic E-state index is 14.1. The van der Waals surface area contributed by atoms with Crippen molar-refractivity contribution in [3.63, 3.8) is 0 Å². The van der Waals surface area contributed by atoms with E-state index in [9.17, 15) is 21.8 Å². The van der Waals surface area contributed by atoms with Crippen molar-refractivity contribution in [1.29, 1.82) is 0 Å². The second kappa shape index (κ2) is 13.9. The third-order valence-corrected chi connectivity index (χ3v) is 9.81. The van der Waals surface area contributed by atoms with E-state index in [1.54, 1.807) is 6.07 Å². The molecule has 0 spiro atoms. The summed E-state index contributed by atoms with van der Waals surface area (Å²) in [5.41, 5.74) is 0.247. The first kappa shape index (κ1) is 31.7. The molecule has 16 heteroatoms. The molecule has 0 radical (unpaired) electrons. The van der Waals surface area contributed by atoms with Gasteiger partial charge in [0.2, 0.25) is 0 Å². The van der Waals surface area contributed by atoms with Crippen molar-refractivity contribution in [2.45, 2.75) is 22.4 Å². The van der Waals surface area contributed by atoms with Crippen LogP contribution in [0, 0.1) is 0 Å². The molecule has 0 amide bonds. The summed E-state index contributed by atoms with van der Waals surface area (Å²) in [4.78, 5) is 10.6. The molecule has 1 unspecified atom stereocenters. The van der Waals surface area contributed by atoms with E-state index in [1.165, 1.54) is 56.8 Å². The summed E-state index contributed by atoms with van der Waals surface area (Å²) in [5.74, 6) is 0.458. The first-order valence-corrected chi connectivity index (χ1v) is 16.2. The molecule has 4 aromatic rings. The van der Waals surface area contributed by atoms with Gasteiger partial charge in [0.1, 0.15) is 23.8 Å². The number of benzene rings is 2. The van der Waals surface area contributed by atoms with Crippen LogP contribution in [0.15, 0.2) is 64.8 Å². The van der Waals surface area contributed by atoms with E-state index in [0.717, 1.165) is 23.1 Å². The molecule has 2 aromatic carbocycles. The SMILES string of the molecule is COc1ccnc(C[S+]([O-])c2nc3ccc(OC(F)F)cc3n2S(=O)(=O)c2ccc(OCCN3CCOCC3)cc2)c1OC. The summed E-state index contributed by atoms with van der Waals surface area (Å²) in [6, 6.07) is 10.9. The van der Waals surface area contributed by atoms with E-state index in [0.29, 0.717) is 37.9 Å². The van der Waals surface area contributed by atoms with Crippen molar-refractivity contribution in [3.8, 4) is 23.0 Å². The van der Waals surface area contributed by atoms with Crippen LogP contribution in [0.3, 0.4) is 0 Å². The number of hydrogen-bond acceptors (Lipinski definition) is 11. The molecule has 1 atom stereocenters. The van der Waals surface area contributed by atoms with E-state index in [4.69, 9.17) is 18.9 Å². The zero-order valence-corrected chi connectivity index (χ0v) is 25.5. The fourth-order valence-corrected chi connectivity index (χ4v) is 7.59. The largest absolute Gasteiger partial charge is 0.609 e. The summed E-state index contributed by atoms with van der Waals surface area (Å²) < 4.78 is 95.0. The number of nitrogens with zero attached hydrogens (tertiary/aromatic N) is 4. The highest BCUT2D eigenvalue weighted by Gasteiger charge is 2.33. The molecule has 236 valence electrons. The van der Waals surface area contributed by atoms with Crippen molar-refractivity contribution in [2.24, 2.45) is 0 Å². The van der Waals surface area contributed by atoms with Crippen molar-refractivity contribution < 1.29 is 45.4 Å². The number of pyridine rings is 1. The van der Waals surface area contributed by atoms with Crippen LogP contribution in [-0.2, 0) is 31.7 Å². The number of aromatic nitrogens is 3. The molecule has 1 fully saturated rings. The van der Waals surface area contributed by atoms with Crippen LogP contribution in [0.2, 0.25) is 0 Å². The number of rotatable bonds is 13. The van der Waals surface area contributed by atoms with E-state index in [2.05, 4.69) is 19.6 Å². The number of halogens is 2. The number of hydrogen-bond donors (Lipinski definition) is 0. The van der Waals surface area contributed by atoms with E-state index >= 15 is 0 Å². The van der Waals surface area contributed by atoms with Gasteiger partial charge in [0.05, 0.1) is 43.4 Å². The lowest BCUT2D eigenvalue weighted by Gasteiger charge is -2.26. The van der Waals surface area contributed by atoms with E-state index in [-0.39, 0.29) is 44.0 Å². The Morgan fingerprint density at radius 1 is 1.05 bits per heavy atom. The second-order valence-electron chi connectivity index (χ2n) is 9.45. The van der Waals surface area contributed by atoms with Crippen LogP contribution < -0.4 is 18.9 Å². The van der Waals surface area contributed by atoms with E-state index < -0.39 is 27.8 Å². The van der Waals surface area contributed by atoms with Gasteiger partial charge in [-0.3, -0.25) is 9.88 Å². The fraction of sp³-hybridized carbons (Fsp3) is 0.357. The third kappa shape index (κ3) is 6.99. The molecule has 0 bridgehead atoms. The van der Waals surface area contributed by atoms with Crippen LogP contribution in [0.1, 0.15) is 5.69 Å². The van der Waals surface area contributed by atoms with Crippen LogP contribution >= 0.6 is 0 Å². The lowest BCUT2D eigenvalue weighted by atomic mass is 10.3. The Morgan fingerprint density at radius 2 is 1.77 bits per heavy atom. The van der Waals surface area contributed by atoms with Crippen LogP contribution in [-0.4, -0.2) is 92.1 Å². The minimum atomic E-state index is -4.45. The molecule has 2 aromatic heterocycles. The van der Waals surface area contributed by atoms with Gasteiger partial charge in [0.15, 0.2) is 17.3 Å². The first-order chi connectivity index (χ1) is 21.2. The standard InChI is InChI=1S/C28H30F2N4O8S2/c1-38-25-9-10-31-23(26(25)39-2)18-43(35)28-32-22-8-5-20(42-27(29)30)17-24(22)34(28)44(36,37)21-6-3-19(4-7-21)41-16-13-33-11-14-40-15-12-33/h3-10,17,27H,11-16,18H2,1-2H3. The molecule has 12 nitrogen and oxygen atoms in total. The van der Waals surface area contributed by atoms with Gasteiger partial charge in [-0.1, -0.05) is 0 Å². The molecule has 0 saturated carbocycles. The average Bonchev–Trinajstić information content (AvgIpc) is 3.41. The number of methoxy groups -OCH3 is 2. The molecule has 44 heavy (non-hydrogen) atoms. The number of imidazole rings is 1. The molecule has 5 rings (SSSR count). The van der Waals surface area contributed by atoms with Gasteiger partial charge in [-0.25, -0.2) is 8.42 Å². The van der Waals surface area contributed by atoms with Gasteiger partial charge in [-0.05, 0) is 36.4 Å². The molecule has 1 aliphatic rings. The topological polar surface area (TPSA) is 137 Å². The second-order valence-corrected chi connectivity index (χ2v) is 12.6. The van der Waals surface area contributed by atoms with Crippen LogP contribution in [0.25, 0.3) is 11.0 Å². The minimum Gasteiger partial charge on any atom is -0.609 e. The zero-order valence-electron chi connectivity index (χ0n) is 23.9. The van der Waals surface area contributed by atoms with Gasteiger partial charge >= 0.3 is 11.8 Å². The molecular weight excluding hydrogens is 622 g/mol. The number of alkyl halides is 2. The summed E-state index contributed by atoms with van der Waals surface area (Å²) >= 11 is -2.10. The number of morpholine rings is 1. The Kier molecular flexibility index (Phi) is 10.1.